The van der Waals surface area contributed by atoms with Gasteiger partial charge in [0, 0.05) is 5.69 Å². The summed E-state index contributed by atoms with van der Waals surface area (Å²) >= 11 is 0. The third-order valence-corrected chi connectivity index (χ3v) is 3.07. The normalized spacial score (nSPS) is 12.1. The molecule has 2 aromatic rings. The maximum Gasteiger partial charge on any atom is 0.573 e. The number of carbonyl (C=O) groups is 1. The minimum absolute atomic E-state index is 0.0844. The Labute approximate surface area is 156 Å². The maximum absolute atomic E-state index is 14.0. The van der Waals surface area contributed by atoms with Crippen LogP contribution in [0.2, 0.25) is 0 Å². The molecule has 0 saturated carbocycles. The van der Waals surface area contributed by atoms with E-state index >= 15 is 0 Å². The van der Waals surface area contributed by atoms with Gasteiger partial charge in [-0.05, 0) is 50.2 Å². The number of alkyl halides is 3. The van der Waals surface area contributed by atoms with E-state index < -0.39 is 47.3 Å². The van der Waals surface area contributed by atoms with E-state index in [0.29, 0.717) is 0 Å². The fourth-order valence-electron chi connectivity index (χ4n) is 2.05. The van der Waals surface area contributed by atoms with Crippen molar-refractivity contribution in [2.75, 3.05) is 5.32 Å². The molecule has 0 aliphatic heterocycles. The van der Waals surface area contributed by atoms with Crippen LogP contribution in [0, 0.1) is 11.6 Å². The Balaban J connectivity index is 2.21. The third-order valence-electron chi connectivity index (χ3n) is 3.07. The molecule has 0 unspecified atom stereocenters. The van der Waals surface area contributed by atoms with Crippen LogP contribution < -0.4 is 10.1 Å². The summed E-state index contributed by atoms with van der Waals surface area (Å²) in [6.45, 7) is 3.15. The molecule has 0 bridgehead atoms. The first-order valence-electron chi connectivity index (χ1n) is 7.91. The number of hydrogen-bond donors (Lipinski definition) is 1. The molecular weight excluding hydrogens is 387 g/mol. The number of aliphatic imine (C=N–C) groups is 1. The molecule has 2 amide bonds. The summed E-state index contributed by atoms with van der Waals surface area (Å²) in [6, 6.07) is 6.31. The first-order chi connectivity index (χ1) is 13.0. The van der Waals surface area contributed by atoms with Gasteiger partial charge in [0.1, 0.15) is 22.9 Å². The molecule has 1 N–H and O–H groups in total. The molecule has 0 aliphatic carbocycles. The van der Waals surface area contributed by atoms with E-state index in [1.807, 2.05) is 0 Å². The summed E-state index contributed by atoms with van der Waals surface area (Å²) in [5.41, 5.74) is -0.526. The van der Waals surface area contributed by atoms with E-state index in [1.54, 1.807) is 13.8 Å². The molecule has 0 aliphatic rings. The van der Waals surface area contributed by atoms with Crippen molar-refractivity contribution in [3.8, 4) is 5.75 Å². The number of nitrogens with one attached hydrogen (secondary N) is 1. The van der Waals surface area contributed by atoms with Crippen molar-refractivity contribution in [1.82, 2.24) is 0 Å². The van der Waals surface area contributed by atoms with Gasteiger partial charge < -0.3 is 14.8 Å². The van der Waals surface area contributed by atoms with Gasteiger partial charge in [-0.3, -0.25) is 0 Å². The van der Waals surface area contributed by atoms with Gasteiger partial charge in [-0.1, -0.05) is 6.07 Å². The topological polar surface area (TPSA) is 59.9 Å². The fraction of sp³-hybridized carbons (Fsp3) is 0.222. The van der Waals surface area contributed by atoms with Crippen LogP contribution in [-0.4, -0.2) is 24.4 Å². The Morgan fingerprint density at radius 2 is 1.61 bits per heavy atom. The van der Waals surface area contributed by atoms with E-state index in [2.05, 4.69) is 15.0 Å². The monoisotopic (exact) mass is 402 g/mol. The van der Waals surface area contributed by atoms with Crippen LogP contribution in [-0.2, 0) is 4.74 Å². The van der Waals surface area contributed by atoms with Gasteiger partial charge in [0.25, 0.3) is 0 Å². The Morgan fingerprint density at radius 3 is 2.11 bits per heavy atom. The Bertz CT molecular complexity index is 844. The second kappa shape index (κ2) is 8.68. The molecule has 0 radical (unpaired) electrons. The molecule has 0 fully saturated rings. The average Bonchev–Trinajstić information content (AvgIpc) is 2.54. The van der Waals surface area contributed by atoms with Crippen LogP contribution in [0.1, 0.15) is 19.4 Å². The number of halogens is 5. The quantitative estimate of drug-likeness (QED) is 0.431. The van der Waals surface area contributed by atoms with Crippen molar-refractivity contribution in [3.05, 3.63) is 59.7 Å². The summed E-state index contributed by atoms with van der Waals surface area (Å²) in [4.78, 5) is 15.6. The molecule has 150 valence electrons. The molecule has 0 spiro atoms. The van der Waals surface area contributed by atoms with Crippen molar-refractivity contribution < 1.29 is 36.2 Å². The highest BCUT2D eigenvalue weighted by Crippen LogP contribution is 2.24. The first kappa shape index (κ1) is 21.1. The zero-order valence-corrected chi connectivity index (χ0v) is 14.7. The highest BCUT2D eigenvalue weighted by Gasteiger charge is 2.31. The number of carbonyl (C=O) groups excluding carboxylic acids is 1. The van der Waals surface area contributed by atoms with Gasteiger partial charge in [0.2, 0.25) is 5.90 Å². The summed E-state index contributed by atoms with van der Waals surface area (Å²) in [6.07, 6.45) is -5.38. The molecule has 10 heteroatoms. The number of nitrogens with zero attached hydrogens (tertiary/aromatic N) is 1. The Morgan fingerprint density at radius 1 is 1.04 bits per heavy atom. The SMILES string of the molecule is CC(C)O/C(=N\C(=O)Nc1ccc(OC(F)(F)F)cc1)c1c(F)cccc1F. The van der Waals surface area contributed by atoms with Crippen molar-refractivity contribution in [2.24, 2.45) is 4.99 Å². The van der Waals surface area contributed by atoms with Crippen LogP contribution in [0.3, 0.4) is 0 Å². The predicted octanol–water partition coefficient (Wildman–Crippen LogP) is 5.27. The van der Waals surface area contributed by atoms with E-state index in [1.165, 1.54) is 0 Å². The Hall–Kier alpha value is -3.17. The minimum Gasteiger partial charge on any atom is -0.474 e. The maximum atomic E-state index is 14.0. The van der Waals surface area contributed by atoms with E-state index in [9.17, 15) is 26.7 Å². The number of benzene rings is 2. The Kier molecular flexibility index (Phi) is 6.55. The molecule has 28 heavy (non-hydrogen) atoms. The van der Waals surface area contributed by atoms with Crippen LogP contribution in [0.25, 0.3) is 0 Å². The molecular formula is C18H15F5N2O3. The summed E-state index contributed by atoms with van der Waals surface area (Å²) < 4.78 is 73.3. The van der Waals surface area contributed by atoms with E-state index in [-0.39, 0.29) is 5.69 Å². The lowest BCUT2D eigenvalue weighted by Crippen LogP contribution is -2.20. The lowest BCUT2D eigenvalue weighted by Gasteiger charge is -2.14. The standard InChI is InChI=1S/C18H15F5N2O3/c1-10(2)27-16(15-13(19)4-3-5-14(15)20)25-17(26)24-11-6-8-12(9-7-11)28-18(21,22)23/h3-10H,1-2H3,(H,24,26)/b25-16-. The lowest BCUT2D eigenvalue weighted by atomic mass is 10.2. The second-order valence-corrected chi connectivity index (χ2v) is 5.68. The highest BCUT2D eigenvalue weighted by molar-refractivity contribution is 6.05. The first-order valence-corrected chi connectivity index (χ1v) is 7.91. The highest BCUT2D eigenvalue weighted by atomic mass is 19.4. The molecule has 0 heterocycles. The smallest absolute Gasteiger partial charge is 0.474 e. The molecule has 0 aromatic heterocycles. The summed E-state index contributed by atoms with van der Waals surface area (Å²) in [5, 5.41) is 2.26. The summed E-state index contributed by atoms with van der Waals surface area (Å²) in [7, 11) is 0. The van der Waals surface area contributed by atoms with Gasteiger partial charge in [0.15, 0.2) is 0 Å². The van der Waals surface area contributed by atoms with Crippen molar-refractivity contribution in [1.29, 1.82) is 0 Å². The minimum atomic E-state index is -4.85. The fourth-order valence-corrected chi connectivity index (χ4v) is 2.05. The predicted molar refractivity (Wildman–Crippen MR) is 91.3 cm³/mol. The van der Waals surface area contributed by atoms with Crippen LogP contribution in [0.4, 0.5) is 32.4 Å². The lowest BCUT2D eigenvalue weighted by molar-refractivity contribution is -0.274. The third kappa shape index (κ3) is 6.22. The van der Waals surface area contributed by atoms with E-state index in [4.69, 9.17) is 4.74 Å². The number of urea groups is 1. The number of anilines is 1. The van der Waals surface area contributed by atoms with Crippen molar-refractivity contribution >= 4 is 17.6 Å². The number of ether oxygens (including phenoxy) is 2. The largest absolute Gasteiger partial charge is 0.573 e. The molecule has 5 nitrogen and oxygen atoms in total. The van der Waals surface area contributed by atoms with Crippen LogP contribution in [0.5, 0.6) is 5.75 Å². The zero-order chi connectivity index (χ0) is 20.9. The molecule has 0 atom stereocenters. The van der Waals surface area contributed by atoms with Crippen LogP contribution >= 0.6 is 0 Å². The molecule has 2 rings (SSSR count). The van der Waals surface area contributed by atoms with Gasteiger partial charge in [-0.15, -0.1) is 13.2 Å². The van der Waals surface area contributed by atoms with Crippen LogP contribution in [0.15, 0.2) is 47.5 Å². The van der Waals surface area contributed by atoms with Gasteiger partial charge in [-0.25, -0.2) is 13.6 Å². The van der Waals surface area contributed by atoms with Crippen molar-refractivity contribution in [2.45, 2.75) is 26.3 Å². The summed E-state index contributed by atoms with van der Waals surface area (Å²) in [5.74, 6) is -2.99. The molecule has 2 aromatic carbocycles. The zero-order valence-electron chi connectivity index (χ0n) is 14.7. The number of hydrogen-bond acceptors (Lipinski definition) is 3. The average molecular weight is 402 g/mol. The van der Waals surface area contributed by atoms with Gasteiger partial charge >= 0.3 is 12.4 Å². The van der Waals surface area contributed by atoms with Gasteiger partial charge in [0.05, 0.1) is 6.10 Å². The molecule has 0 saturated heterocycles. The second-order valence-electron chi connectivity index (χ2n) is 5.68. The van der Waals surface area contributed by atoms with Gasteiger partial charge in [-0.2, -0.15) is 4.99 Å². The van der Waals surface area contributed by atoms with Crippen molar-refractivity contribution in [3.63, 3.8) is 0 Å². The number of rotatable bonds is 4. The van der Waals surface area contributed by atoms with E-state index in [0.717, 1.165) is 42.5 Å². The number of amides is 2.